The average molecular weight is 948 g/mol. The summed E-state index contributed by atoms with van der Waals surface area (Å²) in [4.78, 5) is 73.7. The number of amides is 4. The summed E-state index contributed by atoms with van der Waals surface area (Å²) in [7, 11) is 1.87. The van der Waals surface area contributed by atoms with E-state index in [9.17, 15) is 19.2 Å². The zero-order valence-electron chi connectivity index (χ0n) is 40.0. The van der Waals surface area contributed by atoms with Gasteiger partial charge in [0.1, 0.15) is 17.6 Å². The number of pyridine rings is 1. The molecule has 0 aliphatic carbocycles. The third-order valence-corrected chi connectivity index (χ3v) is 13.9. The Morgan fingerprint density at radius 3 is 2.38 bits per heavy atom. The van der Waals surface area contributed by atoms with Gasteiger partial charge in [0.05, 0.1) is 37.5 Å². The van der Waals surface area contributed by atoms with Crippen molar-refractivity contribution in [1.29, 1.82) is 0 Å². The molecule has 4 aliphatic heterocycles. The summed E-state index contributed by atoms with van der Waals surface area (Å²) in [5, 5.41) is 6.63. The van der Waals surface area contributed by atoms with Gasteiger partial charge in [-0.15, -0.1) is 0 Å². The second-order valence-corrected chi connectivity index (χ2v) is 18.6. The fourth-order valence-corrected chi connectivity index (χ4v) is 9.84. The molecule has 2 N–H and O–H groups in total. The number of hydrogen-bond acceptors (Lipinski definition) is 11. The van der Waals surface area contributed by atoms with Crippen molar-refractivity contribution in [3.8, 4) is 29.0 Å². The summed E-state index contributed by atoms with van der Waals surface area (Å²) in [5.74, 6) is 7.88. The van der Waals surface area contributed by atoms with E-state index in [1.165, 1.54) is 0 Å². The molecule has 360 valence electrons. The van der Waals surface area contributed by atoms with Gasteiger partial charge in [0.15, 0.2) is 5.82 Å². The summed E-state index contributed by atoms with van der Waals surface area (Å²) in [6.07, 6.45) is 10.2. The molecule has 4 aliphatic rings. The summed E-state index contributed by atoms with van der Waals surface area (Å²) in [6.45, 7) is 7.72. The van der Waals surface area contributed by atoms with Crippen LogP contribution >= 0.6 is 0 Å². The number of piperazine rings is 1. The highest BCUT2D eigenvalue weighted by Crippen LogP contribution is 2.34. The third-order valence-electron chi connectivity index (χ3n) is 13.9. The van der Waals surface area contributed by atoms with Gasteiger partial charge in [-0.2, -0.15) is 0 Å². The molecule has 10 rings (SSSR count). The van der Waals surface area contributed by atoms with Crippen LogP contribution in [-0.4, -0.2) is 124 Å². The maximum absolute atomic E-state index is 13.7. The van der Waals surface area contributed by atoms with Crippen LogP contribution in [0.4, 0.5) is 5.82 Å². The van der Waals surface area contributed by atoms with Crippen molar-refractivity contribution < 1.29 is 23.9 Å². The highest BCUT2D eigenvalue weighted by Gasteiger charge is 2.40. The lowest BCUT2D eigenvalue weighted by Gasteiger charge is -2.33. The summed E-state index contributed by atoms with van der Waals surface area (Å²) in [5.41, 5.74) is 8.75. The Bertz CT molecular complexity index is 3060. The Labute approximate surface area is 414 Å². The van der Waals surface area contributed by atoms with Crippen LogP contribution in [0.5, 0.6) is 5.75 Å². The van der Waals surface area contributed by atoms with Gasteiger partial charge in [-0.3, -0.25) is 34.4 Å². The maximum atomic E-state index is 13.7. The minimum atomic E-state index is -0.636. The monoisotopic (exact) mass is 947 g/mol. The number of aromatic nitrogens is 3. The van der Waals surface area contributed by atoms with E-state index in [1.54, 1.807) is 17.2 Å². The number of rotatable bonds is 14. The number of unbranched alkanes of at least 4 members (excludes halogenated alkanes) is 2. The van der Waals surface area contributed by atoms with Crippen molar-refractivity contribution in [2.24, 2.45) is 0 Å². The van der Waals surface area contributed by atoms with Crippen LogP contribution in [0.1, 0.15) is 86.3 Å². The number of carbonyl (C=O) groups excluding carboxylic acids is 4. The molecule has 6 heterocycles. The van der Waals surface area contributed by atoms with Gasteiger partial charge in [0.2, 0.25) is 11.8 Å². The number of imide groups is 1. The molecule has 4 aromatic carbocycles. The van der Waals surface area contributed by atoms with Crippen LogP contribution in [0, 0.1) is 11.8 Å². The molecule has 0 saturated carbocycles. The molecular weight excluding hydrogens is 891 g/mol. The first kappa shape index (κ1) is 47.0. The van der Waals surface area contributed by atoms with E-state index < -0.39 is 11.9 Å². The molecule has 71 heavy (non-hydrogen) atoms. The smallest absolute Gasteiger partial charge is 0.255 e. The molecule has 6 aromatic rings. The fourth-order valence-electron chi connectivity index (χ4n) is 9.84. The van der Waals surface area contributed by atoms with Crippen molar-refractivity contribution >= 4 is 52.5 Å². The predicted octanol–water partition coefficient (Wildman–Crippen LogP) is 7.08. The molecule has 1 atom stereocenters. The molecule has 14 nitrogen and oxygen atoms in total. The minimum absolute atomic E-state index is 0.0197. The first-order valence-corrected chi connectivity index (χ1v) is 24.7. The Kier molecular flexibility index (Phi) is 14.2. The molecule has 0 bridgehead atoms. The zero-order chi connectivity index (χ0) is 48.7. The molecule has 4 amide bonds. The first-order chi connectivity index (χ1) is 34.8. The Hall–Kier alpha value is -7.73. The van der Waals surface area contributed by atoms with E-state index in [1.807, 2.05) is 72.6 Å². The van der Waals surface area contributed by atoms with E-state index in [2.05, 4.69) is 79.7 Å². The largest absolute Gasteiger partial charge is 0.493 e. The number of anilines is 1. The number of hydrogen-bond donors (Lipinski definition) is 2. The zero-order valence-corrected chi connectivity index (χ0v) is 40.0. The Morgan fingerprint density at radius 2 is 1.59 bits per heavy atom. The predicted molar refractivity (Wildman–Crippen MR) is 274 cm³/mol. The van der Waals surface area contributed by atoms with Gasteiger partial charge >= 0.3 is 0 Å². The van der Waals surface area contributed by atoms with E-state index >= 15 is 0 Å². The van der Waals surface area contributed by atoms with Crippen LogP contribution in [0.3, 0.4) is 0 Å². The molecule has 2 aromatic heterocycles. The topological polar surface area (TPSA) is 153 Å². The molecule has 14 heteroatoms. The SMILES string of the molecule is CNc1nc(-c2cnc3ccccc3c2)nc2c1CCN(C(=O)c1ccc(/C=C/c3ccc(C#CCN4CCN(CCCCCOc5cccc6c5CN(C5CCC(=O)NC5=O)C6=O)CC4)cc3)cc1)C2. The lowest BCUT2D eigenvalue weighted by molar-refractivity contribution is -0.136. The number of fused-ring (bicyclic) bond motifs is 3. The quantitative estimate of drug-likeness (QED) is 0.0499. The molecule has 1 unspecified atom stereocenters. The maximum Gasteiger partial charge on any atom is 0.255 e. The summed E-state index contributed by atoms with van der Waals surface area (Å²) in [6, 6.07) is 30.9. The standard InChI is InChI=1S/C57H57N9O5/c1-58-54-46-26-29-65(38-49(46)60-53(62-54)44-35-43-10-3-4-12-48(43)59-36-44)56(69)42-22-20-41(21-23-42)19-18-40-16-14-39(15-17-40)9-8-28-64-32-30-63(31-33-64)27-5-2-6-34-71-51-13-7-11-45-47(51)37-66(57(45)70)50-24-25-52(67)61-55(50)68/h3-4,7,10-23,35-36,50H,2,5-6,24-34,37-38H2,1H3,(H,58,60,62)(H,61,67,68)/b19-18+. The lowest BCUT2D eigenvalue weighted by Crippen LogP contribution is -2.52. The molecular formula is C57H57N9O5. The van der Waals surface area contributed by atoms with Crippen molar-refractivity contribution in [2.45, 2.75) is 57.7 Å². The fraction of sp³-hybridized carbons (Fsp3) is 0.316. The van der Waals surface area contributed by atoms with E-state index in [0.29, 0.717) is 61.8 Å². The van der Waals surface area contributed by atoms with Gasteiger partial charge < -0.3 is 24.8 Å². The van der Waals surface area contributed by atoms with Gasteiger partial charge in [0, 0.05) is 91.2 Å². The van der Waals surface area contributed by atoms with E-state index in [-0.39, 0.29) is 24.1 Å². The van der Waals surface area contributed by atoms with Crippen LogP contribution in [0.2, 0.25) is 0 Å². The number of nitrogens with one attached hydrogen (secondary N) is 2. The second-order valence-electron chi connectivity index (χ2n) is 18.6. The second kappa shape index (κ2) is 21.5. The van der Waals surface area contributed by atoms with Crippen LogP contribution < -0.4 is 15.4 Å². The molecule has 0 spiro atoms. The Balaban J connectivity index is 0.629. The van der Waals surface area contributed by atoms with Crippen LogP contribution in [0.25, 0.3) is 34.4 Å². The number of benzene rings is 4. The molecule has 2 fully saturated rings. The number of nitrogens with zero attached hydrogens (tertiary/aromatic N) is 7. The van der Waals surface area contributed by atoms with Gasteiger partial charge in [-0.1, -0.05) is 72.5 Å². The highest BCUT2D eigenvalue weighted by molar-refractivity contribution is 6.05. The van der Waals surface area contributed by atoms with Gasteiger partial charge in [0.25, 0.3) is 11.8 Å². The number of carbonyl (C=O) groups is 4. The summed E-state index contributed by atoms with van der Waals surface area (Å²) < 4.78 is 6.15. The van der Waals surface area contributed by atoms with Crippen molar-refractivity contribution in [2.75, 3.05) is 64.8 Å². The van der Waals surface area contributed by atoms with Crippen molar-refractivity contribution in [3.63, 3.8) is 0 Å². The first-order valence-electron chi connectivity index (χ1n) is 24.7. The van der Waals surface area contributed by atoms with Crippen molar-refractivity contribution in [3.05, 3.63) is 148 Å². The lowest BCUT2D eigenvalue weighted by atomic mass is 10.0. The highest BCUT2D eigenvalue weighted by atomic mass is 16.5. The molecule has 2 saturated heterocycles. The van der Waals surface area contributed by atoms with Gasteiger partial charge in [-0.05, 0) is 98.3 Å². The average Bonchev–Trinajstić information content (AvgIpc) is 3.74. The number of ether oxygens (including phenoxy) is 1. The van der Waals surface area contributed by atoms with Crippen LogP contribution in [-0.2, 0) is 29.1 Å². The van der Waals surface area contributed by atoms with Crippen LogP contribution in [0.15, 0.2) is 103 Å². The molecule has 0 radical (unpaired) electrons. The van der Waals surface area contributed by atoms with E-state index in [0.717, 1.165) is 114 Å². The minimum Gasteiger partial charge on any atom is -0.493 e. The van der Waals surface area contributed by atoms with Gasteiger partial charge in [-0.25, -0.2) is 9.97 Å². The normalized spacial score (nSPS) is 17.2. The Morgan fingerprint density at radius 1 is 0.817 bits per heavy atom. The summed E-state index contributed by atoms with van der Waals surface area (Å²) >= 11 is 0. The van der Waals surface area contributed by atoms with E-state index in [4.69, 9.17) is 14.7 Å². The number of para-hydroxylation sites is 1. The van der Waals surface area contributed by atoms with Crippen molar-refractivity contribution in [1.82, 2.24) is 39.9 Å². The number of piperidine rings is 1. The third kappa shape index (κ3) is 10.9.